The van der Waals surface area contributed by atoms with Crippen LogP contribution < -0.4 is 4.90 Å². The number of benzene rings is 1. The normalized spacial score (nSPS) is 22.5. The number of phenolic OH excluding ortho intramolecular Hbond substituents is 1. The van der Waals surface area contributed by atoms with Crippen LogP contribution in [0.1, 0.15) is 5.69 Å². The first-order valence-electron chi connectivity index (χ1n) is 11.8. The number of hydrogen-bond acceptors (Lipinski definition) is 6. The summed E-state index contributed by atoms with van der Waals surface area (Å²) < 4.78 is 41.2. The van der Waals surface area contributed by atoms with Crippen molar-refractivity contribution in [3.05, 3.63) is 65.7 Å². The van der Waals surface area contributed by atoms with Gasteiger partial charge in [0.25, 0.3) is 5.91 Å². The molecule has 0 spiro atoms. The number of anilines is 1. The van der Waals surface area contributed by atoms with Crippen molar-refractivity contribution >= 4 is 71.5 Å². The summed E-state index contributed by atoms with van der Waals surface area (Å²) in [5.74, 6) is 1.49. The molecule has 0 radical (unpaired) electrons. The molecule has 1 aromatic carbocycles. The predicted molar refractivity (Wildman–Crippen MR) is 153 cm³/mol. The van der Waals surface area contributed by atoms with Crippen LogP contribution in [0.2, 0.25) is 0 Å². The Morgan fingerprint density at radius 1 is 1.08 bits per heavy atom. The maximum absolute atomic E-state index is 13.6. The van der Waals surface area contributed by atoms with E-state index in [2.05, 4.69) is 16.2 Å². The molecule has 1 aromatic heterocycles. The third kappa shape index (κ3) is 5.45. The number of carbonyl (C=O) groups excluding carboxylic acids is 1. The number of hydrogen-bond donors (Lipinski definition) is 1. The van der Waals surface area contributed by atoms with Crippen molar-refractivity contribution in [2.24, 2.45) is 0 Å². The van der Waals surface area contributed by atoms with Crippen molar-refractivity contribution in [3.63, 3.8) is 0 Å². The number of allylic oxidation sites excluding steroid dienone is 3. The van der Waals surface area contributed by atoms with Crippen LogP contribution in [0.15, 0.2) is 60.0 Å². The van der Waals surface area contributed by atoms with Gasteiger partial charge in [0.1, 0.15) is 29.7 Å². The molecule has 0 aliphatic carbocycles. The van der Waals surface area contributed by atoms with Crippen molar-refractivity contribution in [3.8, 4) is 5.75 Å². The number of para-hydroxylation sites is 1. The van der Waals surface area contributed by atoms with Gasteiger partial charge in [-0.05, 0) is 18.2 Å². The van der Waals surface area contributed by atoms with Gasteiger partial charge in [-0.3, -0.25) is 4.79 Å². The lowest BCUT2D eigenvalue weighted by Gasteiger charge is -2.44. The first-order valence-corrected chi connectivity index (χ1v) is 13.0. The number of alkyl halides is 3. The lowest BCUT2D eigenvalue weighted by atomic mass is 10.1. The number of piperazine rings is 1. The molecule has 14 heteroatoms. The smallest absolute Gasteiger partial charge is 0.433 e. The van der Waals surface area contributed by atoms with Gasteiger partial charge >= 0.3 is 6.18 Å². The van der Waals surface area contributed by atoms with Gasteiger partial charge < -0.3 is 14.9 Å². The van der Waals surface area contributed by atoms with Gasteiger partial charge in [-0.2, -0.15) is 17.8 Å². The number of carbonyl (C=O) groups is 1. The van der Waals surface area contributed by atoms with Crippen molar-refractivity contribution in [1.29, 1.82) is 0 Å². The van der Waals surface area contributed by atoms with Crippen molar-refractivity contribution < 1.29 is 27.7 Å². The second kappa shape index (κ2) is 11.8. The minimum atomic E-state index is -4.62. The van der Waals surface area contributed by atoms with Gasteiger partial charge in [-0.1, -0.05) is 12.1 Å². The van der Waals surface area contributed by atoms with E-state index in [1.807, 2.05) is 28.0 Å². The second-order valence-corrected chi connectivity index (χ2v) is 10.4. The fraction of sp³-hybridized carbons (Fsp3) is 0.360. The largest absolute Gasteiger partial charge is 0.506 e. The van der Waals surface area contributed by atoms with E-state index in [0.29, 0.717) is 48.4 Å². The van der Waals surface area contributed by atoms with Gasteiger partial charge in [0.15, 0.2) is 5.70 Å². The number of pyridine rings is 1. The third-order valence-corrected chi connectivity index (χ3v) is 8.25. The number of rotatable bonds is 3. The molecule has 2 fully saturated rings. The molecule has 0 bridgehead atoms. The highest BCUT2D eigenvalue weighted by Gasteiger charge is 2.48. The van der Waals surface area contributed by atoms with E-state index in [9.17, 15) is 23.1 Å². The second-order valence-electron chi connectivity index (χ2n) is 9.33. The fourth-order valence-corrected chi connectivity index (χ4v) is 6.41. The van der Waals surface area contributed by atoms with E-state index >= 15 is 0 Å². The lowest BCUT2D eigenvalue weighted by Crippen LogP contribution is -2.60. The molecule has 4 aliphatic heterocycles. The average Bonchev–Trinajstić information content (AvgIpc) is 3.60. The standard InChI is InChI=1S/C25H24F3N5O2S.3ClH/c26-25(27,28)22-14-20(19-4-1-5-21(34)23(19)29-22)30-6-8-32(9-7-30)33-11-2-3-18(33)13-17(15-33)24(35)31-10-12-36-16-31;;;/h1-5,11,13-14H,6-10,12,15-16H2;3*1H/p+1/t33-;;;/m1.../s1. The Morgan fingerprint density at radius 2 is 1.82 bits per heavy atom. The van der Waals surface area contributed by atoms with Crippen molar-refractivity contribution in [1.82, 2.24) is 14.9 Å². The number of aromatic nitrogens is 1. The topological polar surface area (TPSA) is 59.9 Å². The molecule has 212 valence electrons. The molecule has 6 rings (SSSR count). The van der Waals surface area contributed by atoms with Crippen LogP contribution in [0.3, 0.4) is 0 Å². The number of quaternary nitrogens is 1. The monoisotopic (exact) mass is 624 g/mol. The number of phenols is 1. The zero-order valence-corrected chi connectivity index (χ0v) is 23.9. The van der Waals surface area contributed by atoms with Crippen LogP contribution >= 0.6 is 49.0 Å². The molecule has 2 saturated heterocycles. The number of fused-ring (bicyclic) bond motifs is 2. The minimum absolute atomic E-state index is 0. The summed E-state index contributed by atoms with van der Waals surface area (Å²) in [6, 6.07) is 5.73. The average molecular weight is 626 g/mol. The molecule has 0 saturated carbocycles. The lowest BCUT2D eigenvalue weighted by molar-refractivity contribution is -0.948. The summed E-state index contributed by atoms with van der Waals surface area (Å²) in [4.78, 5) is 20.6. The molecular formula is C25H28Cl3F3N5O2S+. The highest BCUT2D eigenvalue weighted by Crippen LogP contribution is 2.40. The van der Waals surface area contributed by atoms with Crippen LogP contribution in [-0.2, 0) is 11.0 Å². The summed E-state index contributed by atoms with van der Waals surface area (Å²) in [7, 11) is 0. The molecule has 1 N–H and O–H groups in total. The predicted octanol–water partition coefficient (Wildman–Crippen LogP) is 4.96. The van der Waals surface area contributed by atoms with Crippen LogP contribution in [-0.4, -0.2) is 81.4 Å². The zero-order valence-electron chi connectivity index (χ0n) is 20.6. The van der Waals surface area contributed by atoms with Gasteiger partial charge in [0, 0.05) is 48.6 Å². The van der Waals surface area contributed by atoms with Crippen molar-refractivity contribution in [2.45, 2.75) is 6.18 Å². The number of thioether (sulfide) groups is 1. The van der Waals surface area contributed by atoms with Crippen LogP contribution in [0.25, 0.3) is 10.9 Å². The third-order valence-electron chi connectivity index (χ3n) is 7.28. The minimum Gasteiger partial charge on any atom is -0.506 e. The van der Waals surface area contributed by atoms with E-state index in [-0.39, 0.29) is 54.4 Å². The molecule has 7 nitrogen and oxygen atoms in total. The van der Waals surface area contributed by atoms with Crippen LogP contribution in [0, 0.1) is 0 Å². The van der Waals surface area contributed by atoms with E-state index in [1.165, 1.54) is 6.07 Å². The Kier molecular flexibility index (Phi) is 9.46. The van der Waals surface area contributed by atoms with Crippen LogP contribution in [0.5, 0.6) is 5.75 Å². The highest BCUT2D eigenvalue weighted by molar-refractivity contribution is 7.99. The molecular weight excluding hydrogens is 598 g/mol. The Morgan fingerprint density at radius 3 is 2.49 bits per heavy atom. The van der Waals surface area contributed by atoms with Gasteiger partial charge in [-0.25, -0.2) is 4.98 Å². The number of amides is 1. The number of halogens is 6. The summed E-state index contributed by atoms with van der Waals surface area (Å²) in [5, 5.41) is 13.0. The maximum atomic E-state index is 13.6. The van der Waals surface area contributed by atoms with Gasteiger partial charge in [0.05, 0.1) is 24.5 Å². The first-order chi connectivity index (χ1) is 17.3. The summed E-state index contributed by atoms with van der Waals surface area (Å²) in [6.45, 7) is 3.51. The highest BCUT2D eigenvalue weighted by atomic mass is 35.5. The Balaban J connectivity index is 0.00000140. The maximum Gasteiger partial charge on any atom is 0.433 e. The Bertz CT molecular complexity index is 1340. The number of nitrogens with zero attached hydrogens (tertiary/aromatic N) is 5. The zero-order chi connectivity index (χ0) is 25.1. The molecule has 0 unspecified atom stereocenters. The fourth-order valence-electron chi connectivity index (χ4n) is 5.47. The molecule has 5 heterocycles. The summed E-state index contributed by atoms with van der Waals surface area (Å²) in [5.41, 5.74) is 1.18. The Labute approximate surface area is 246 Å². The molecule has 39 heavy (non-hydrogen) atoms. The SMILES string of the molecule is Cl.Cl.Cl.O=C(C1=CC2=CC=C[N@@+]2(N2CCN(c3cc(C(F)(F)F)nc4c(O)cccc34)CC2)C1)N1CCSC1. The van der Waals surface area contributed by atoms with E-state index in [0.717, 1.165) is 35.5 Å². The van der Waals surface area contributed by atoms with Crippen molar-refractivity contribution in [2.75, 3.05) is 55.8 Å². The van der Waals surface area contributed by atoms with E-state index < -0.39 is 11.9 Å². The summed E-state index contributed by atoms with van der Waals surface area (Å²) in [6.07, 6.45) is 3.48. The quantitative estimate of drug-likeness (QED) is 0.487. The molecule has 1 amide bonds. The summed E-state index contributed by atoms with van der Waals surface area (Å²) >= 11 is 1.76. The van der Waals surface area contributed by atoms with Crippen LogP contribution in [0.4, 0.5) is 18.9 Å². The van der Waals surface area contributed by atoms with Gasteiger partial charge in [0.2, 0.25) is 0 Å². The number of aromatic hydroxyl groups is 1. The van der Waals surface area contributed by atoms with E-state index in [1.54, 1.807) is 23.9 Å². The molecule has 2 aromatic rings. The Hall–Kier alpha value is -2.15. The molecule has 4 aliphatic rings. The van der Waals surface area contributed by atoms with Gasteiger partial charge in [-0.15, -0.1) is 54.0 Å². The first kappa shape index (κ1) is 31.4. The molecule has 1 atom stereocenters. The van der Waals surface area contributed by atoms with E-state index in [4.69, 9.17) is 0 Å².